The summed E-state index contributed by atoms with van der Waals surface area (Å²) in [5.41, 5.74) is 0. The molecular weight excluding hydrogens is 196 g/mol. The van der Waals surface area contributed by atoms with E-state index in [4.69, 9.17) is 0 Å². The van der Waals surface area contributed by atoms with E-state index in [1.165, 1.54) is 56.5 Å². The molecule has 0 nitrogen and oxygen atoms in total. The highest BCUT2D eigenvalue weighted by Crippen LogP contribution is 2.35. The van der Waals surface area contributed by atoms with Crippen molar-refractivity contribution in [3.05, 3.63) is 0 Å². The first-order valence-electron chi connectivity index (χ1n) is 5.66. The van der Waals surface area contributed by atoms with E-state index >= 15 is 0 Å². The molecule has 1 aliphatic rings. The molecular formula is C11H22S2. The third kappa shape index (κ3) is 5.90. The summed E-state index contributed by atoms with van der Waals surface area (Å²) in [7, 11) is 0. The lowest BCUT2D eigenvalue weighted by Gasteiger charge is -2.06. The Kier molecular flexibility index (Phi) is 7.29. The van der Waals surface area contributed by atoms with Crippen LogP contribution in [0.3, 0.4) is 0 Å². The fraction of sp³-hybridized carbons (Fsp3) is 1.00. The van der Waals surface area contributed by atoms with Crippen LogP contribution in [0.4, 0.5) is 0 Å². The Morgan fingerprint density at radius 2 is 1.54 bits per heavy atom. The zero-order valence-electron chi connectivity index (χ0n) is 8.76. The van der Waals surface area contributed by atoms with Gasteiger partial charge in [-0.05, 0) is 6.42 Å². The lowest BCUT2D eigenvalue weighted by molar-refractivity contribution is 0.600. The summed E-state index contributed by atoms with van der Waals surface area (Å²) in [5, 5.41) is 0. The van der Waals surface area contributed by atoms with Gasteiger partial charge in [-0.1, -0.05) is 45.4 Å². The second kappa shape index (κ2) is 8.05. The smallest absolute Gasteiger partial charge is 0.0503 e. The molecule has 1 rings (SSSR count). The van der Waals surface area contributed by atoms with Crippen molar-refractivity contribution in [3.8, 4) is 0 Å². The van der Waals surface area contributed by atoms with Crippen molar-refractivity contribution >= 4 is 23.5 Å². The third-order valence-corrected chi connectivity index (χ3v) is 5.65. The van der Waals surface area contributed by atoms with Crippen LogP contribution in [0.25, 0.3) is 0 Å². The second-order valence-electron chi connectivity index (χ2n) is 3.73. The van der Waals surface area contributed by atoms with Crippen molar-refractivity contribution in [1.82, 2.24) is 0 Å². The van der Waals surface area contributed by atoms with Crippen LogP contribution in [0.15, 0.2) is 0 Å². The average molecular weight is 218 g/mol. The molecule has 1 aliphatic heterocycles. The van der Waals surface area contributed by atoms with Crippen LogP contribution in [-0.4, -0.2) is 16.1 Å². The Hall–Kier alpha value is 0.700. The molecule has 0 aliphatic carbocycles. The molecule has 1 heterocycles. The van der Waals surface area contributed by atoms with Crippen molar-refractivity contribution in [2.24, 2.45) is 0 Å². The van der Waals surface area contributed by atoms with Gasteiger partial charge < -0.3 is 0 Å². The highest BCUT2D eigenvalue weighted by Gasteiger charge is 2.14. The molecule has 0 N–H and O–H groups in total. The van der Waals surface area contributed by atoms with Crippen LogP contribution in [0, 0.1) is 0 Å². The molecule has 0 spiro atoms. The van der Waals surface area contributed by atoms with Gasteiger partial charge in [0, 0.05) is 11.5 Å². The zero-order chi connectivity index (χ0) is 9.36. The largest absolute Gasteiger partial charge is 0.147 e. The third-order valence-electron chi connectivity index (χ3n) is 2.48. The Morgan fingerprint density at radius 3 is 2.23 bits per heavy atom. The normalized spacial score (nSPS) is 18.2. The van der Waals surface area contributed by atoms with E-state index in [9.17, 15) is 0 Å². The van der Waals surface area contributed by atoms with Crippen molar-refractivity contribution < 1.29 is 0 Å². The minimum Gasteiger partial charge on any atom is -0.147 e. The quantitative estimate of drug-likeness (QED) is 0.575. The summed E-state index contributed by atoms with van der Waals surface area (Å²) in [5.74, 6) is 2.79. The molecule has 0 aromatic carbocycles. The van der Waals surface area contributed by atoms with Gasteiger partial charge in [0.15, 0.2) is 0 Å². The van der Waals surface area contributed by atoms with E-state index in [0.717, 1.165) is 4.58 Å². The van der Waals surface area contributed by atoms with Gasteiger partial charge in [0.2, 0.25) is 0 Å². The Balaban J connectivity index is 1.78. The molecule has 0 saturated carbocycles. The lowest BCUT2D eigenvalue weighted by atomic mass is 10.1. The predicted octanol–water partition coefficient (Wildman–Crippen LogP) is 4.54. The number of rotatable bonds is 7. The summed E-state index contributed by atoms with van der Waals surface area (Å²) >= 11 is 4.35. The Labute approximate surface area is 91.6 Å². The molecule has 0 radical (unpaired) electrons. The first-order chi connectivity index (χ1) is 6.43. The fourth-order valence-corrected chi connectivity index (χ4v) is 4.59. The molecule has 2 heteroatoms. The van der Waals surface area contributed by atoms with Crippen molar-refractivity contribution in [1.29, 1.82) is 0 Å². The number of unbranched alkanes of at least 4 members (excludes halogenated alkanes) is 5. The molecule has 0 aromatic rings. The van der Waals surface area contributed by atoms with Gasteiger partial charge in [0.25, 0.3) is 0 Å². The van der Waals surface area contributed by atoms with Crippen molar-refractivity contribution in [3.63, 3.8) is 0 Å². The standard InChI is InChI=1S/C11H22S2/c1-2-3-4-5-6-7-8-11-12-9-10-13-11/h11H,2-10H2,1H3. The lowest BCUT2D eigenvalue weighted by Crippen LogP contribution is -1.91. The van der Waals surface area contributed by atoms with E-state index in [0.29, 0.717) is 0 Å². The summed E-state index contributed by atoms with van der Waals surface area (Å²) in [6.07, 6.45) is 10.1. The second-order valence-corrected chi connectivity index (χ2v) is 6.65. The Bertz CT molecular complexity index is 109. The predicted molar refractivity (Wildman–Crippen MR) is 66.7 cm³/mol. The van der Waals surface area contributed by atoms with Crippen LogP contribution in [0.1, 0.15) is 51.9 Å². The summed E-state index contributed by atoms with van der Waals surface area (Å²) in [4.78, 5) is 0. The monoisotopic (exact) mass is 218 g/mol. The van der Waals surface area contributed by atoms with Crippen molar-refractivity contribution in [2.45, 2.75) is 56.5 Å². The minimum absolute atomic E-state index is 0.950. The molecule has 1 saturated heterocycles. The van der Waals surface area contributed by atoms with Gasteiger partial charge in [-0.15, -0.1) is 23.5 Å². The maximum atomic E-state index is 2.28. The van der Waals surface area contributed by atoms with Crippen LogP contribution in [0.2, 0.25) is 0 Å². The van der Waals surface area contributed by atoms with Gasteiger partial charge in [0.1, 0.15) is 0 Å². The molecule has 0 unspecified atom stereocenters. The summed E-state index contributed by atoms with van der Waals surface area (Å²) in [6.45, 7) is 2.28. The van der Waals surface area contributed by atoms with E-state index < -0.39 is 0 Å². The van der Waals surface area contributed by atoms with E-state index in [1.807, 2.05) is 0 Å². The molecule has 13 heavy (non-hydrogen) atoms. The van der Waals surface area contributed by atoms with Crippen LogP contribution in [-0.2, 0) is 0 Å². The zero-order valence-corrected chi connectivity index (χ0v) is 10.4. The Morgan fingerprint density at radius 1 is 0.923 bits per heavy atom. The maximum absolute atomic E-state index is 2.28. The SMILES string of the molecule is CCCCCCCCC1SCCS1. The highest BCUT2D eigenvalue weighted by atomic mass is 32.2. The molecule has 0 bridgehead atoms. The first-order valence-corrected chi connectivity index (χ1v) is 7.76. The summed E-state index contributed by atoms with van der Waals surface area (Å²) in [6, 6.07) is 0. The van der Waals surface area contributed by atoms with Crippen LogP contribution in [0.5, 0.6) is 0 Å². The van der Waals surface area contributed by atoms with Gasteiger partial charge in [-0.2, -0.15) is 0 Å². The fourth-order valence-electron chi connectivity index (χ4n) is 1.67. The van der Waals surface area contributed by atoms with Gasteiger partial charge in [-0.25, -0.2) is 0 Å². The molecule has 0 amide bonds. The van der Waals surface area contributed by atoms with E-state index in [2.05, 4.69) is 30.4 Å². The number of thioether (sulfide) groups is 2. The van der Waals surface area contributed by atoms with E-state index in [1.54, 1.807) is 0 Å². The number of hydrogen-bond donors (Lipinski definition) is 0. The summed E-state index contributed by atoms with van der Waals surface area (Å²) < 4.78 is 0.950. The van der Waals surface area contributed by atoms with Gasteiger partial charge in [0.05, 0.1) is 4.58 Å². The minimum atomic E-state index is 0.950. The molecule has 78 valence electrons. The van der Waals surface area contributed by atoms with Crippen LogP contribution < -0.4 is 0 Å². The maximum Gasteiger partial charge on any atom is 0.0503 e. The first kappa shape index (κ1) is 11.8. The molecule has 0 aromatic heterocycles. The molecule has 1 fully saturated rings. The van der Waals surface area contributed by atoms with Crippen LogP contribution >= 0.6 is 23.5 Å². The van der Waals surface area contributed by atoms with Gasteiger partial charge >= 0.3 is 0 Å². The average Bonchev–Trinajstić information content (AvgIpc) is 2.63. The molecule has 0 atom stereocenters. The van der Waals surface area contributed by atoms with E-state index in [-0.39, 0.29) is 0 Å². The highest BCUT2D eigenvalue weighted by molar-refractivity contribution is 8.20. The topological polar surface area (TPSA) is 0 Å². The number of hydrogen-bond acceptors (Lipinski definition) is 2. The van der Waals surface area contributed by atoms with Crippen molar-refractivity contribution in [2.75, 3.05) is 11.5 Å². The van der Waals surface area contributed by atoms with Gasteiger partial charge in [-0.3, -0.25) is 0 Å².